The van der Waals surface area contributed by atoms with Crippen molar-refractivity contribution >= 4 is 5.78 Å². The minimum Gasteiger partial charge on any atom is -0.454 e. The van der Waals surface area contributed by atoms with Gasteiger partial charge < -0.3 is 9.47 Å². The highest BCUT2D eigenvalue weighted by molar-refractivity contribution is 5.98. The maximum Gasteiger partial charge on any atom is 0.231 e. The van der Waals surface area contributed by atoms with Crippen LogP contribution in [0.1, 0.15) is 31.1 Å². The van der Waals surface area contributed by atoms with Gasteiger partial charge in [0.1, 0.15) is 0 Å². The summed E-state index contributed by atoms with van der Waals surface area (Å²) in [6.07, 6.45) is 0. The predicted octanol–water partition coefficient (Wildman–Crippen LogP) is 2.58. The van der Waals surface area contributed by atoms with Crippen LogP contribution in [0.4, 0.5) is 0 Å². The van der Waals surface area contributed by atoms with Gasteiger partial charge in [-0.3, -0.25) is 9.69 Å². The predicted molar refractivity (Wildman–Crippen MR) is 73.8 cm³/mol. The molecular formula is C15H21NO3. The Morgan fingerprint density at radius 1 is 1.32 bits per heavy atom. The Morgan fingerprint density at radius 3 is 2.74 bits per heavy atom. The van der Waals surface area contributed by atoms with Crippen LogP contribution < -0.4 is 9.47 Å². The smallest absolute Gasteiger partial charge is 0.231 e. The summed E-state index contributed by atoms with van der Waals surface area (Å²) in [4.78, 5) is 14.4. The summed E-state index contributed by atoms with van der Waals surface area (Å²) in [6.45, 7) is 8.91. The van der Waals surface area contributed by atoms with Crippen LogP contribution in [0.2, 0.25) is 0 Å². The van der Waals surface area contributed by atoms with Crippen LogP contribution >= 0.6 is 0 Å². The summed E-state index contributed by atoms with van der Waals surface area (Å²) in [5, 5.41) is 0. The molecule has 0 radical (unpaired) electrons. The van der Waals surface area contributed by atoms with Crippen molar-refractivity contribution in [1.29, 1.82) is 0 Å². The Kier molecular flexibility index (Phi) is 4.43. The number of ketones is 1. The Labute approximate surface area is 114 Å². The molecule has 2 rings (SSSR count). The number of fused-ring (bicyclic) bond motifs is 1. The largest absolute Gasteiger partial charge is 0.454 e. The molecule has 1 aliphatic rings. The fourth-order valence-electron chi connectivity index (χ4n) is 2.19. The van der Waals surface area contributed by atoms with Crippen molar-refractivity contribution in [3.05, 3.63) is 23.8 Å². The standard InChI is InChI=1S/C15H21NO3/c1-4-16(8-11(2)3)9-13(17)12-5-6-14-15(7-12)19-10-18-14/h5-7,11H,4,8-10H2,1-3H3. The van der Waals surface area contributed by atoms with E-state index in [1.54, 1.807) is 18.2 Å². The lowest BCUT2D eigenvalue weighted by Crippen LogP contribution is -2.32. The number of rotatable bonds is 6. The molecule has 104 valence electrons. The summed E-state index contributed by atoms with van der Waals surface area (Å²) in [6, 6.07) is 5.38. The number of hydrogen-bond acceptors (Lipinski definition) is 4. The summed E-state index contributed by atoms with van der Waals surface area (Å²) in [5.41, 5.74) is 0.687. The van der Waals surface area contributed by atoms with Gasteiger partial charge in [-0.25, -0.2) is 0 Å². The molecule has 0 amide bonds. The minimum atomic E-state index is 0.126. The number of likely N-dealkylation sites (N-methyl/N-ethyl adjacent to an activating group) is 1. The van der Waals surface area contributed by atoms with Crippen LogP contribution in [0, 0.1) is 5.92 Å². The molecule has 4 heteroatoms. The SMILES string of the molecule is CCN(CC(=O)c1ccc2c(c1)OCO2)CC(C)C. The molecule has 0 spiro atoms. The number of hydrogen-bond donors (Lipinski definition) is 0. The Morgan fingerprint density at radius 2 is 2.05 bits per heavy atom. The van der Waals surface area contributed by atoms with Gasteiger partial charge in [-0.1, -0.05) is 20.8 Å². The van der Waals surface area contributed by atoms with Gasteiger partial charge in [0.15, 0.2) is 17.3 Å². The number of carbonyl (C=O) groups is 1. The van der Waals surface area contributed by atoms with Gasteiger partial charge in [-0.05, 0) is 30.7 Å². The number of Topliss-reactive ketones (excluding diaryl/α,β-unsaturated/α-hetero) is 1. The zero-order valence-corrected chi connectivity index (χ0v) is 11.8. The summed E-state index contributed by atoms with van der Waals surface area (Å²) >= 11 is 0. The van der Waals surface area contributed by atoms with E-state index in [0.29, 0.717) is 29.5 Å². The molecule has 0 saturated heterocycles. The van der Waals surface area contributed by atoms with Crippen LogP contribution in [0.15, 0.2) is 18.2 Å². The highest BCUT2D eigenvalue weighted by Crippen LogP contribution is 2.32. The van der Waals surface area contributed by atoms with Gasteiger partial charge in [0.2, 0.25) is 6.79 Å². The highest BCUT2D eigenvalue weighted by atomic mass is 16.7. The maximum atomic E-state index is 12.3. The van der Waals surface area contributed by atoms with Crippen LogP contribution in [-0.2, 0) is 0 Å². The van der Waals surface area contributed by atoms with E-state index >= 15 is 0 Å². The Bertz CT molecular complexity index is 457. The van der Waals surface area contributed by atoms with Crippen molar-refractivity contribution in [3.8, 4) is 11.5 Å². The normalized spacial score (nSPS) is 13.3. The van der Waals surface area contributed by atoms with Gasteiger partial charge in [-0.15, -0.1) is 0 Å². The fourth-order valence-corrected chi connectivity index (χ4v) is 2.19. The van der Waals surface area contributed by atoms with Crippen LogP contribution in [0.3, 0.4) is 0 Å². The van der Waals surface area contributed by atoms with E-state index < -0.39 is 0 Å². The molecular weight excluding hydrogens is 242 g/mol. The maximum absolute atomic E-state index is 12.3. The Hall–Kier alpha value is -1.55. The van der Waals surface area contributed by atoms with E-state index in [4.69, 9.17) is 9.47 Å². The third-order valence-electron chi connectivity index (χ3n) is 3.13. The second kappa shape index (κ2) is 6.06. The van der Waals surface area contributed by atoms with E-state index in [9.17, 15) is 4.79 Å². The number of ether oxygens (including phenoxy) is 2. The first-order valence-corrected chi connectivity index (χ1v) is 6.75. The molecule has 1 aliphatic heterocycles. The van der Waals surface area contributed by atoms with Gasteiger partial charge in [0, 0.05) is 12.1 Å². The summed E-state index contributed by atoms with van der Waals surface area (Å²) in [7, 11) is 0. The third kappa shape index (κ3) is 3.47. The van der Waals surface area contributed by atoms with E-state index in [1.807, 2.05) is 0 Å². The van der Waals surface area contributed by atoms with Crippen molar-refractivity contribution in [1.82, 2.24) is 4.90 Å². The second-order valence-corrected chi connectivity index (χ2v) is 5.21. The van der Waals surface area contributed by atoms with E-state index in [0.717, 1.165) is 13.1 Å². The van der Waals surface area contributed by atoms with E-state index in [1.165, 1.54) is 0 Å². The zero-order valence-electron chi connectivity index (χ0n) is 11.8. The zero-order chi connectivity index (χ0) is 13.8. The summed E-state index contributed by atoms with van der Waals surface area (Å²) in [5.74, 6) is 2.06. The van der Waals surface area contributed by atoms with Crippen LogP contribution in [0.25, 0.3) is 0 Å². The molecule has 0 bridgehead atoms. The van der Waals surface area contributed by atoms with Crippen molar-refractivity contribution < 1.29 is 14.3 Å². The molecule has 0 saturated carbocycles. The number of nitrogens with zero attached hydrogens (tertiary/aromatic N) is 1. The van der Waals surface area contributed by atoms with Crippen molar-refractivity contribution in [2.45, 2.75) is 20.8 Å². The van der Waals surface area contributed by atoms with Gasteiger partial charge >= 0.3 is 0 Å². The first-order chi connectivity index (χ1) is 9.10. The van der Waals surface area contributed by atoms with Crippen molar-refractivity contribution in [2.75, 3.05) is 26.4 Å². The van der Waals surface area contributed by atoms with Gasteiger partial charge in [-0.2, -0.15) is 0 Å². The molecule has 0 fully saturated rings. The van der Waals surface area contributed by atoms with E-state index in [2.05, 4.69) is 25.7 Å². The summed E-state index contributed by atoms with van der Waals surface area (Å²) < 4.78 is 10.5. The van der Waals surface area contributed by atoms with Gasteiger partial charge in [0.05, 0.1) is 6.54 Å². The molecule has 0 aliphatic carbocycles. The first kappa shape index (κ1) is 13.9. The van der Waals surface area contributed by atoms with E-state index in [-0.39, 0.29) is 12.6 Å². The minimum absolute atomic E-state index is 0.126. The quantitative estimate of drug-likeness (QED) is 0.739. The van der Waals surface area contributed by atoms with Crippen molar-refractivity contribution in [3.63, 3.8) is 0 Å². The molecule has 0 unspecified atom stereocenters. The van der Waals surface area contributed by atoms with Crippen LogP contribution in [-0.4, -0.2) is 37.1 Å². The number of benzene rings is 1. The molecule has 1 heterocycles. The third-order valence-corrected chi connectivity index (χ3v) is 3.13. The lowest BCUT2D eigenvalue weighted by Gasteiger charge is -2.21. The lowest BCUT2D eigenvalue weighted by atomic mass is 10.1. The molecule has 0 aromatic heterocycles. The average Bonchev–Trinajstić information content (AvgIpc) is 2.84. The fraction of sp³-hybridized carbons (Fsp3) is 0.533. The van der Waals surface area contributed by atoms with Gasteiger partial charge in [0.25, 0.3) is 0 Å². The lowest BCUT2D eigenvalue weighted by molar-refractivity contribution is 0.0926. The average molecular weight is 263 g/mol. The molecule has 1 aromatic carbocycles. The van der Waals surface area contributed by atoms with Crippen LogP contribution in [0.5, 0.6) is 11.5 Å². The molecule has 19 heavy (non-hydrogen) atoms. The molecule has 1 aromatic rings. The molecule has 0 atom stereocenters. The Balaban J connectivity index is 2.03. The monoisotopic (exact) mass is 263 g/mol. The topological polar surface area (TPSA) is 38.8 Å². The highest BCUT2D eigenvalue weighted by Gasteiger charge is 2.17. The number of carbonyl (C=O) groups excluding carboxylic acids is 1. The molecule has 4 nitrogen and oxygen atoms in total. The molecule has 0 N–H and O–H groups in total. The van der Waals surface area contributed by atoms with Crippen molar-refractivity contribution in [2.24, 2.45) is 5.92 Å². The second-order valence-electron chi connectivity index (χ2n) is 5.21. The first-order valence-electron chi connectivity index (χ1n) is 6.75.